The Labute approximate surface area is 441 Å². The van der Waals surface area contributed by atoms with Gasteiger partial charge >= 0.3 is 0 Å². The number of halogens is 3. The van der Waals surface area contributed by atoms with Gasteiger partial charge in [0.1, 0.15) is 41.7 Å². The summed E-state index contributed by atoms with van der Waals surface area (Å²) in [5.41, 5.74) is 9.22. The van der Waals surface area contributed by atoms with Crippen molar-refractivity contribution in [2.24, 2.45) is 10.8 Å². The quantitative estimate of drug-likeness (QED) is 0.0589. The monoisotopic (exact) mass is 1090 g/mol. The van der Waals surface area contributed by atoms with E-state index in [1.165, 1.54) is 25.2 Å². The molecule has 2 saturated carbocycles. The van der Waals surface area contributed by atoms with Crippen molar-refractivity contribution in [3.63, 3.8) is 0 Å². The number of para-hydroxylation sites is 2. The predicted octanol–water partition coefficient (Wildman–Crippen LogP) is 9.95. The minimum atomic E-state index is -2.51. The Hall–Kier alpha value is -5.45. The van der Waals surface area contributed by atoms with E-state index in [9.17, 15) is 9.13 Å². The highest BCUT2D eigenvalue weighted by atomic mass is 35.5. The molecule has 2 spiro atoms. The third kappa shape index (κ3) is 12.6. The van der Waals surface area contributed by atoms with Crippen molar-refractivity contribution in [1.29, 1.82) is 0 Å². The van der Waals surface area contributed by atoms with E-state index in [-0.39, 0.29) is 5.28 Å². The second-order valence-corrected chi connectivity index (χ2v) is 27.1. The van der Waals surface area contributed by atoms with E-state index in [1.807, 2.05) is 72.8 Å². The molecule has 0 unspecified atom stereocenters. The lowest BCUT2D eigenvalue weighted by atomic mass is 9.62. The van der Waals surface area contributed by atoms with Crippen molar-refractivity contribution in [2.45, 2.75) is 37.9 Å². The van der Waals surface area contributed by atoms with Crippen LogP contribution in [0.2, 0.25) is 15.3 Å². The number of nitrogens with zero attached hydrogens (tertiary/aromatic N) is 8. The van der Waals surface area contributed by atoms with Gasteiger partial charge in [-0.1, -0.05) is 47.5 Å². The lowest BCUT2D eigenvalue weighted by Crippen LogP contribution is -2.64. The second kappa shape index (κ2) is 22.2. The molecule has 0 atom stereocenters. The molecule has 2 aromatic carbocycles. The van der Waals surface area contributed by atoms with Crippen molar-refractivity contribution in [1.82, 2.24) is 29.9 Å². The maximum atomic E-state index is 12.7. The molecule has 6 aromatic rings. The van der Waals surface area contributed by atoms with Crippen LogP contribution in [-0.2, 0) is 18.6 Å². The molecule has 4 fully saturated rings. The molecule has 2 aliphatic carbocycles. The number of methoxy groups -OCH3 is 4. The van der Waals surface area contributed by atoms with Gasteiger partial charge in [0, 0.05) is 61.8 Å². The highest BCUT2D eigenvalue weighted by Gasteiger charge is 2.54. The molecule has 18 nitrogen and oxygen atoms in total. The predicted molar refractivity (Wildman–Crippen MR) is 295 cm³/mol. The Morgan fingerprint density at radius 3 is 1.51 bits per heavy atom. The fourth-order valence-corrected chi connectivity index (χ4v) is 12.3. The largest absolute Gasteiger partial charge is 0.479 e. The first kappa shape index (κ1) is 53.8. The summed E-state index contributed by atoms with van der Waals surface area (Å²) in [7, 11) is 1.84. The summed E-state index contributed by atoms with van der Waals surface area (Å²) in [6.45, 7) is 11.0. The van der Waals surface area contributed by atoms with Crippen LogP contribution in [0.25, 0.3) is 0 Å². The van der Waals surface area contributed by atoms with Gasteiger partial charge in [0.25, 0.3) is 0 Å². The van der Waals surface area contributed by atoms with Crippen molar-refractivity contribution < 1.29 is 28.1 Å². The zero-order valence-corrected chi connectivity index (χ0v) is 46.1. The SMILES string of the molecule is COc1nc(N2CC3(CC(OC)C3)C2)ccc1N.COc1nc(N2CC3(CC(OC)C3)C2)ccc1Nc1ncc(Cl)c(Nc2ccccc2P(C)(C)=O)n1.CP(C)(=O)c1ccccc1Nc1nc(Cl)ncc1Cl. The van der Waals surface area contributed by atoms with Crippen molar-refractivity contribution in [2.75, 3.05) is 113 Å². The van der Waals surface area contributed by atoms with Gasteiger partial charge < -0.3 is 59.6 Å². The van der Waals surface area contributed by atoms with Crippen LogP contribution in [0.15, 0.2) is 85.2 Å². The second-order valence-electron chi connectivity index (χ2n) is 19.6. The fourth-order valence-electron chi connectivity index (χ4n) is 9.57. The minimum absolute atomic E-state index is 0.0977. The average Bonchev–Trinajstić information content (AvgIpc) is 3.30. The number of pyridine rings is 2. The van der Waals surface area contributed by atoms with E-state index < -0.39 is 14.3 Å². The molecule has 4 aliphatic rings. The highest BCUT2D eigenvalue weighted by molar-refractivity contribution is 7.70. The third-order valence-corrected chi connectivity index (χ3v) is 17.2. The van der Waals surface area contributed by atoms with Gasteiger partial charge in [0.15, 0.2) is 11.6 Å². The van der Waals surface area contributed by atoms with E-state index in [0.717, 1.165) is 61.3 Å². The molecule has 2 aliphatic heterocycles. The first-order valence-electron chi connectivity index (χ1n) is 23.4. The standard InChI is InChI=1S/C25H30ClN6O3P.C13H19N3O2.C12H12Cl2N3OP/c1-34-16-11-25(12-16)14-32(15-25)21-10-9-19(23(30-21)35-2)29-24-27-13-17(26)22(31-24)28-18-7-5-6-8-20(18)36(3,4)33;1-17-9-5-13(6-9)7-16(8-13)11-4-3-10(14)12(15-11)18-2;1-19(2,18)10-6-4-3-5-9(10)16-11-8(13)7-15-12(14)17-11/h5-10,13,16H,11-12,14-15H2,1-4H3,(H2,27,28,29,31);3-4,9H,5-8,14H2,1-2H3;3-7H,1-2H3,(H,15,16,17). The van der Waals surface area contributed by atoms with E-state index in [1.54, 1.807) is 55.1 Å². The first-order chi connectivity index (χ1) is 34.7. The summed E-state index contributed by atoms with van der Waals surface area (Å²) < 4.78 is 46.5. The molecular weight excluding hydrogens is 1030 g/mol. The normalized spacial score (nSPS) is 16.6. The van der Waals surface area contributed by atoms with E-state index >= 15 is 0 Å². The molecule has 0 bridgehead atoms. The zero-order chi connectivity index (χ0) is 52.3. The lowest BCUT2D eigenvalue weighted by Gasteiger charge is -2.59. The summed E-state index contributed by atoms with van der Waals surface area (Å²) in [6, 6.07) is 22.4. The molecule has 0 amide bonds. The summed E-state index contributed by atoms with van der Waals surface area (Å²) in [5.74, 6) is 3.91. The minimum Gasteiger partial charge on any atom is -0.479 e. The van der Waals surface area contributed by atoms with Crippen LogP contribution in [0.1, 0.15) is 25.7 Å². The number of nitrogens with one attached hydrogen (secondary N) is 3. The summed E-state index contributed by atoms with van der Waals surface area (Å²) in [5, 5.41) is 11.7. The number of anilines is 9. The van der Waals surface area contributed by atoms with E-state index in [4.69, 9.17) is 64.5 Å². The van der Waals surface area contributed by atoms with Crippen LogP contribution >= 0.6 is 49.1 Å². The number of aromatic nitrogens is 6. The zero-order valence-electron chi connectivity index (χ0n) is 42.0. The number of nitrogen functional groups attached to an aromatic ring is 1. The van der Waals surface area contributed by atoms with Crippen LogP contribution < -0.4 is 51.6 Å². The third-order valence-electron chi connectivity index (χ3n) is 13.3. The fraction of sp³-hybridized carbons (Fsp3) is 0.400. The van der Waals surface area contributed by atoms with Crippen LogP contribution in [0.3, 0.4) is 0 Å². The topological polar surface area (TPSA) is 217 Å². The molecule has 10 rings (SSSR count). The number of benzene rings is 2. The molecule has 6 heterocycles. The average molecular weight is 1090 g/mol. The van der Waals surface area contributed by atoms with Gasteiger partial charge in [0.2, 0.25) is 23.0 Å². The molecule has 4 aromatic heterocycles. The van der Waals surface area contributed by atoms with Crippen LogP contribution in [0.4, 0.5) is 52.0 Å². The molecule has 2 saturated heterocycles. The lowest BCUT2D eigenvalue weighted by molar-refractivity contribution is -0.0735. The van der Waals surface area contributed by atoms with Crippen LogP contribution in [0, 0.1) is 10.8 Å². The smallest absolute Gasteiger partial charge is 0.239 e. The molecule has 23 heteroatoms. The molecule has 0 radical (unpaired) electrons. The van der Waals surface area contributed by atoms with Crippen molar-refractivity contribution in [3.8, 4) is 11.8 Å². The van der Waals surface area contributed by atoms with Gasteiger partial charge in [0.05, 0.1) is 55.9 Å². The van der Waals surface area contributed by atoms with Crippen LogP contribution in [0.5, 0.6) is 11.8 Å². The Bertz CT molecular complexity index is 3030. The molecular formula is C50H61Cl3N12O6P2. The van der Waals surface area contributed by atoms with E-state index in [2.05, 4.69) is 50.7 Å². The van der Waals surface area contributed by atoms with E-state index in [0.29, 0.717) is 85.2 Å². The molecule has 73 heavy (non-hydrogen) atoms. The van der Waals surface area contributed by atoms with Gasteiger partial charge in [-0.2, -0.15) is 19.9 Å². The van der Waals surface area contributed by atoms with Crippen molar-refractivity contribution >= 4 is 112 Å². The number of ether oxygens (including phenoxy) is 4. The van der Waals surface area contributed by atoms with Crippen LogP contribution in [-0.4, -0.2) is 123 Å². The summed E-state index contributed by atoms with van der Waals surface area (Å²) in [4.78, 5) is 30.3. The number of rotatable bonds is 14. The number of hydrogen-bond donors (Lipinski definition) is 4. The van der Waals surface area contributed by atoms with Gasteiger partial charge in [-0.05, 0) is 112 Å². The maximum Gasteiger partial charge on any atom is 0.239 e. The maximum absolute atomic E-state index is 12.7. The Kier molecular flexibility index (Phi) is 16.4. The summed E-state index contributed by atoms with van der Waals surface area (Å²) in [6.07, 6.45) is 8.35. The van der Waals surface area contributed by atoms with Crippen molar-refractivity contribution in [3.05, 3.63) is 101 Å². The highest BCUT2D eigenvalue weighted by Crippen LogP contribution is 2.52. The Morgan fingerprint density at radius 2 is 1.03 bits per heavy atom. The van der Waals surface area contributed by atoms with Gasteiger partial charge in [-0.25, -0.2) is 9.97 Å². The molecule has 5 N–H and O–H groups in total. The first-order valence-corrected chi connectivity index (χ1v) is 29.8. The van der Waals surface area contributed by atoms with Gasteiger partial charge in [-0.15, -0.1) is 0 Å². The molecule has 388 valence electrons. The number of hydrogen-bond acceptors (Lipinski definition) is 18. The van der Waals surface area contributed by atoms with Gasteiger partial charge in [-0.3, -0.25) is 0 Å². The number of nitrogens with two attached hydrogens (primary N) is 1. The summed E-state index contributed by atoms with van der Waals surface area (Å²) >= 11 is 18.1. The Morgan fingerprint density at radius 1 is 0.575 bits per heavy atom. The Balaban J connectivity index is 0.000000161.